The molecule has 0 unspecified atom stereocenters. The van der Waals surface area contributed by atoms with Crippen LogP contribution in [0.1, 0.15) is 19.3 Å². The monoisotopic (exact) mass is 317 g/mol. The predicted molar refractivity (Wildman–Crippen MR) is 94.6 cm³/mol. The molecule has 0 atom stereocenters. The van der Waals surface area contributed by atoms with Gasteiger partial charge in [-0.25, -0.2) is 9.97 Å². The highest BCUT2D eigenvalue weighted by molar-refractivity contribution is 5.66. The largest absolute Gasteiger partial charge is 0.356 e. The molecule has 0 N–H and O–H groups in total. The Morgan fingerprint density at radius 2 is 1.62 bits per heavy atom. The molecule has 4 heterocycles. The molecule has 120 valence electrons. The van der Waals surface area contributed by atoms with Crippen LogP contribution in [0.4, 0.5) is 5.82 Å². The van der Waals surface area contributed by atoms with Crippen LogP contribution in [0.25, 0.3) is 22.8 Å². The summed E-state index contributed by atoms with van der Waals surface area (Å²) < 4.78 is 0. The molecule has 0 aromatic carbocycles. The van der Waals surface area contributed by atoms with Gasteiger partial charge in [-0.2, -0.15) is 0 Å². The molecule has 3 aromatic rings. The first-order valence-corrected chi connectivity index (χ1v) is 8.36. The van der Waals surface area contributed by atoms with E-state index in [4.69, 9.17) is 9.97 Å². The van der Waals surface area contributed by atoms with Gasteiger partial charge >= 0.3 is 0 Å². The summed E-state index contributed by atoms with van der Waals surface area (Å²) in [6.07, 6.45) is 9.09. The number of rotatable bonds is 3. The molecule has 0 bridgehead atoms. The maximum absolute atomic E-state index is 4.79. The Morgan fingerprint density at radius 1 is 0.792 bits per heavy atom. The molecule has 0 spiro atoms. The van der Waals surface area contributed by atoms with Crippen molar-refractivity contribution in [3.05, 3.63) is 55.0 Å². The molecular formula is C19H19N5. The topological polar surface area (TPSA) is 54.8 Å². The summed E-state index contributed by atoms with van der Waals surface area (Å²) in [6.45, 7) is 2.10. The van der Waals surface area contributed by atoms with Crippen molar-refractivity contribution in [3.63, 3.8) is 0 Å². The lowest BCUT2D eigenvalue weighted by molar-refractivity contribution is 0.573. The summed E-state index contributed by atoms with van der Waals surface area (Å²) in [5.41, 5.74) is 2.75. The minimum atomic E-state index is 0.672. The van der Waals surface area contributed by atoms with Gasteiger partial charge in [-0.3, -0.25) is 9.97 Å². The first-order chi connectivity index (χ1) is 11.9. The molecule has 0 aliphatic carbocycles. The molecule has 0 amide bonds. The van der Waals surface area contributed by atoms with E-state index < -0.39 is 0 Å². The van der Waals surface area contributed by atoms with Crippen molar-refractivity contribution in [1.82, 2.24) is 19.9 Å². The normalized spacial score (nSPS) is 14.6. The van der Waals surface area contributed by atoms with Crippen LogP contribution >= 0.6 is 0 Å². The lowest BCUT2D eigenvalue weighted by Gasteiger charge is -2.28. The third-order valence-corrected chi connectivity index (χ3v) is 4.26. The van der Waals surface area contributed by atoms with Gasteiger partial charge in [0.15, 0.2) is 5.82 Å². The summed E-state index contributed by atoms with van der Waals surface area (Å²) in [7, 11) is 0. The van der Waals surface area contributed by atoms with Crippen molar-refractivity contribution in [2.24, 2.45) is 0 Å². The van der Waals surface area contributed by atoms with E-state index in [1.807, 2.05) is 30.3 Å². The molecule has 24 heavy (non-hydrogen) atoms. The summed E-state index contributed by atoms with van der Waals surface area (Å²) in [6, 6.07) is 11.8. The first kappa shape index (κ1) is 14.8. The Bertz CT molecular complexity index is 741. The number of nitrogens with zero attached hydrogens (tertiary/aromatic N) is 5. The van der Waals surface area contributed by atoms with Crippen LogP contribution < -0.4 is 4.90 Å². The third-order valence-electron chi connectivity index (χ3n) is 4.26. The number of piperidine rings is 1. The zero-order valence-electron chi connectivity index (χ0n) is 13.5. The Kier molecular flexibility index (Phi) is 4.14. The summed E-state index contributed by atoms with van der Waals surface area (Å²) in [4.78, 5) is 20.4. The summed E-state index contributed by atoms with van der Waals surface area (Å²) >= 11 is 0. The number of hydrogen-bond acceptors (Lipinski definition) is 5. The van der Waals surface area contributed by atoms with Crippen LogP contribution in [0.3, 0.4) is 0 Å². The minimum absolute atomic E-state index is 0.672. The lowest BCUT2D eigenvalue weighted by atomic mass is 10.1. The van der Waals surface area contributed by atoms with Crippen LogP contribution in [0, 0.1) is 0 Å². The van der Waals surface area contributed by atoms with Crippen molar-refractivity contribution >= 4 is 5.82 Å². The average molecular weight is 317 g/mol. The summed E-state index contributed by atoms with van der Waals surface area (Å²) in [5.74, 6) is 1.66. The standard InChI is InChI=1S/C19H19N5/c1-4-12-24(13-5-1)18-14-17(15-7-10-20-11-8-15)22-19(23-18)16-6-2-3-9-21-16/h2-3,6-11,14H,1,4-5,12-13H2. The maximum Gasteiger partial charge on any atom is 0.180 e. The second kappa shape index (κ2) is 6.74. The molecule has 1 saturated heterocycles. The van der Waals surface area contributed by atoms with Crippen molar-refractivity contribution < 1.29 is 0 Å². The van der Waals surface area contributed by atoms with Crippen LogP contribution in [0.5, 0.6) is 0 Å². The molecule has 0 saturated carbocycles. The van der Waals surface area contributed by atoms with Crippen molar-refractivity contribution in [1.29, 1.82) is 0 Å². The van der Waals surface area contributed by atoms with E-state index in [1.54, 1.807) is 18.6 Å². The van der Waals surface area contributed by atoms with E-state index >= 15 is 0 Å². The average Bonchev–Trinajstić information content (AvgIpc) is 2.70. The second-order valence-corrected chi connectivity index (χ2v) is 5.93. The van der Waals surface area contributed by atoms with Crippen LogP contribution in [0.15, 0.2) is 55.0 Å². The van der Waals surface area contributed by atoms with Crippen molar-refractivity contribution in [2.75, 3.05) is 18.0 Å². The van der Waals surface area contributed by atoms with E-state index in [0.717, 1.165) is 35.9 Å². The highest BCUT2D eigenvalue weighted by Gasteiger charge is 2.16. The Morgan fingerprint density at radius 3 is 2.38 bits per heavy atom. The first-order valence-electron chi connectivity index (χ1n) is 8.36. The molecule has 5 heteroatoms. The predicted octanol–water partition coefficient (Wildman–Crippen LogP) is 3.59. The van der Waals surface area contributed by atoms with Gasteiger partial charge in [0.2, 0.25) is 0 Å². The summed E-state index contributed by atoms with van der Waals surface area (Å²) in [5, 5.41) is 0. The van der Waals surface area contributed by atoms with E-state index in [0.29, 0.717) is 5.82 Å². The molecule has 1 aliphatic rings. The van der Waals surface area contributed by atoms with Crippen LogP contribution in [-0.4, -0.2) is 33.0 Å². The van der Waals surface area contributed by atoms with E-state index in [2.05, 4.69) is 20.9 Å². The van der Waals surface area contributed by atoms with Gasteiger partial charge in [-0.1, -0.05) is 6.07 Å². The van der Waals surface area contributed by atoms with Gasteiger partial charge in [-0.15, -0.1) is 0 Å². The molecule has 3 aromatic heterocycles. The Hall–Kier alpha value is -2.82. The quantitative estimate of drug-likeness (QED) is 0.739. The number of aromatic nitrogens is 4. The highest BCUT2D eigenvalue weighted by atomic mass is 15.2. The van der Waals surface area contributed by atoms with Gasteiger partial charge in [0.25, 0.3) is 0 Å². The third kappa shape index (κ3) is 3.11. The second-order valence-electron chi connectivity index (χ2n) is 5.93. The fourth-order valence-corrected chi connectivity index (χ4v) is 3.00. The SMILES string of the molecule is c1ccc(-c2nc(-c3ccncc3)cc(N3CCCCC3)n2)nc1. The molecule has 1 aliphatic heterocycles. The van der Waals surface area contributed by atoms with Crippen LogP contribution in [-0.2, 0) is 0 Å². The van der Waals surface area contributed by atoms with E-state index in [9.17, 15) is 0 Å². The number of hydrogen-bond donors (Lipinski definition) is 0. The number of pyridine rings is 2. The minimum Gasteiger partial charge on any atom is -0.356 e. The molecular weight excluding hydrogens is 298 g/mol. The van der Waals surface area contributed by atoms with Gasteiger partial charge in [0, 0.05) is 43.3 Å². The highest BCUT2D eigenvalue weighted by Crippen LogP contribution is 2.26. The van der Waals surface area contributed by atoms with E-state index in [1.165, 1.54) is 19.3 Å². The zero-order valence-corrected chi connectivity index (χ0v) is 13.5. The Labute approximate surface area is 141 Å². The number of anilines is 1. The van der Waals surface area contributed by atoms with Crippen molar-refractivity contribution in [3.8, 4) is 22.8 Å². The smallest absolute Gasteiger partial charge is 0.180 e. The van der Waals surface area contributed by atoms with Gasteiger partial charge in [0.1, 0.15) is 11.5 Å². The van der Waals surface area contributed by atoms with Gasteiger partial charge in [-0.05, 0) is 43.5 Å². The maximum atomic E-state index is 4.79. The molecule has 4 rings (SSSR count). The lowest BCUT2D eigenvalue weighted by Crippen LogP contribution is -2.30. The fraction of sp³-hybridized carbons (Fsp3) is 0.263. The van der Waals surface area contributed by atoms with Gasteiger partial charge in [0.05, 0.1) is 5.69 Å². The fourth-order valence-electron chi connectivity index (χ4n) is 3.00. The zero-order chi connectivity index (χ0) is 16.2. The van der Waals surface area contributed by atoms with E-state index in [-0.39, 0.29) is 0 Å². The molecule has 0 radical (unpaired) electrons. The molecule has 5 nitrogen and oxygen atoms in total. The van der Waals surface area contributed by atoms with Crippen molar-refractivity contribution in [2.45, 2.75) is 19.3 Å². The molecule has 1 fully saturated rings. The van der Waals surface area contributed by atoms with Crippen LogP contribution in [0.2, 0.25) is 0 Å². The van der Waals surface area contributed by atoms with Gasteiger partial charge < -0.3 is 4.90 Å². The Balaban J connectivity index is 1.81.